The molecule has 112 valence electrons. The van der Waals surface area contributed by atoms with E-state index in [1.54, 1.807) is 16.7 Å². The van der Waals surface area contributed by atoms with Gasteiger partial charge < -0.3 is 14.7 Å². The summed E-state index contributed by atoms with van der Waals surface area (Å²) in [6.45, 7) is 5.23. The molecule has 0 unspecified atom stereocenters. The molecule has 0 saturated carbocycles. The summed E-state index contributed by atoms with van der Waals surface area (Å²) < 4.78 is 7.14. The third-order valence-electron chi connectivity index (χ3n) is 3.72. The summed E-state index contributed by atoms with van der Waals surface area (Å²) in [6.07, 6.45) is 0. The topological polar surface area (TPSA) is 70.8 Å². The Morgan fingerprint density at radius 1 is 1.35 bits per heavy atom. The van der Waals surface area contributed by atoms with Crippen LogP contribution >= 0.6 is 0 Å². The first-order valence-electron chi connectivity index (χ1n) is 6.74. The van der Waals surface area contributed by atoms with E-state index in [0.29, 0.717) is 13.1 Å². The van der Waals surface area contributed by atoms with Gasteiger partial charge in [0.25, 0.3) is 0 Å². The van der Waals surface area contributed by atoms with E-state index in [0.717, 1.165) is 36.8 Å². The highest BCUT2D eigenvalue weighted by atomic mass is 16.5. The largest absolute Gasteiger partial charge is 0.481 e. The summed E-state index contributed by atoms with van der Waals surface area (Å²) in [6, 6.07) is 0. The summed E-state index contributed by atoms with van der Waals surface area (Å²) >= 11 is 0. The van der Waals surface area contributed by atoms with Crippen molar-refractivity contribution in [2.45, 2.75) is 13.5 Å². The monoisotopic (exact) mass is 282 g/mol. The lowest BCUT2D eigenvalue weighted by atomic mass is 10.2. The van der Waals surface area contributed by atoms with E-state index in [4.69, 9.17) is 9.84 Å². The Labute approximate surface area is 118 Å². The van der Waals surface area contributed by atoms with Gasteiger partial charge >= 0.3 is 0 Å². The number of methoxy groups -OCH3 is 1. The molecule has 1 saturated heterocycles. The molecule has 1 N–H and O–H groups in total. The Hall–Kier alpha value is -1.60. The van der Waals surface area contributed by atoms with Crippen LogP contribution in [0.5, 0.6) is 5.88 Å². The van der Waals surface area contributed by atoms with Gasteiger partial charge in [-0.15, -0.1) is 0 Å². The number of nitrogens with zero attached hydrogens (tertiary/aromatic N) is 4. The summed E-state index contributed by atoms with van der Waals surface area (Å²) in [5.41, 5.74) is 2.06. The molecule has 1 fully saturated rings. The van der Waals surface area contributed by atoms with Crippen LogP contribution < -0.4 is 4.74 Å². The average molecular weight is 282 g/mol. The van der Waals surface area contributed by atoms with Crippen molar-refractivity contribution < 1.29 is 14.6 Å². The van der Waals surface area contributed by atoms with E-state index >= 15 is 0 Å². The second-order valence-electron chi connectivity index (χ2n) is 5.01. The molecule has 1 aromatic rings. The molecule has 1 aromatic heterocycles. The van der Waals surface area contributed by atoms with E-state index in [9.17, 15) is 4.79 Å². The van der Waals surface area contributed by atoms with E-state index in [-0.39, 0.29) is 5.91 Å². The van der Waals surface area contributed by atoms with Gasteiger partial charge in [0.1, 0.15) is 6.61 Å². The Balaban J connectivity index is 1.98. The number of rotatable bonds is 4. The zero-order chi connectivity index (χ0) is 14.7. The molecular weight excluding hydrogens is 260 g/mol. The Morgan fingerprint density at radius 3 is 2.55 bits per heavy atom. The van der Waals surface area contributed by atoms with Crippen LogP contribution in [0.1, 0.15) is 11.3 Å². The summed E-state index contributed by atoms with van der Waals surface area (Å²) in [5, 5.41) is 13.2. The molecule has 2 heterocycles. The molecule has 2 rings (SSSR count). The van der Waals surface area contributed by atoms with E-state index < -0.39 is 6.61 Å². The number of aryl methyl sites for hydroxylation is 2. The molecule has 20 heavy (non-hydrogen) atoms. The maximum atomic E-state index is 11.4. The van der Waals surface area contributed by atoms with Crippen molar-refractivity contribution in [3.05, 3.63) is 11.3 Å². The number of ether oxygens (including phenoxy) is 1. The van der Waals surface area contributed by atoms with Gasteiger partial charge in [0.2, 0.25) is 11.8 Å². The van der Waals surface area contributed by atoms with Crippen LogP contribution in [0.4, 0.5) is 0 Å². The average Bonchev–Trinajstić information content (AvgIpc) is 2.72. The van der Waals surface area contributed by atoms with Gasteiger partial charge in [-0.1, -0.05) is 0 Å². The number of aromatic nitrogens is 2. The first kappa shape index (κ1) is 14.8. The van der Waals surface area contributed by atoms with Gasteiger partial charge in [0.05, 0.1) is 18.4 Å². The zero-order valence-electron chi connectivity index (χ0n) is 12.3. The summed E-state index contributed by atoms with van der Waals surface area (Å²) in [4.78, 5) is 15.4. The lowest BCUT2D eigenvalue weighted by Gasteiger charge is -2.34. The molecule has 0 atom stereocenters. The smallest absolute Gasteiger partial charge is 0.248 e. The molecule has 0 radical (unpaired) electrons. The van der Waals surface area contributed by atoms with Crippen molar-refractivity contribution in [3.63, 3.8) is 0 Å². The highest BCUT2D eigenvalue weighted by Gasteiger charge is 2.23. The zero-order valence-corrected chi connectivity index (χ0v) is 12.3. The number of carbonyl (C=O) groups is 1. The quantitative estimate of drug-likeness (QED) is 0.796. The highest BCUT2D eigenvalue weighted by Crippen LogP contribution is 2.23. The first-order chi connectivity index (χ1) is 9.56. The number of hydrogen-bond acceptors (Lipinski definition) is 5. The van der Waals surface area contributed by atoms with Gasteiger partial charge in [-0.3, -0.25) is 9.69 Å². The Morgan fingerprint density at radius 2 is 2.00 bits per heavy atom. The Kier molecular flexibility index (Phi) is 4.61. The van der Waals surface area contributed by atoms with Crippen molar-refractivity contribution in [2.24, 2.45) is 7.05 Å². The minimum Gasteiger partial charge on any atom is -0.481 e. The van der Waals surface area contributed by atoms with Crippen molar-refractivity contribution >= 4 is 5.91 Å². The normalized spacial score (nSPS) is 16.5. The SMILES string of the molecule is COc1c(CN2CCN(C(=O)CO)CC2)c(C)nn1C. The van der Waals surface area contributed by atoms with E-state index in [1.165, 1.54) is 0 Å². The third-order valence-corrected chi connectivity index (χ3v) is 3.72. The van der Waals surface area contributed by atoms with Gasteiger partial charge in [-0.2, -0.15) is 5.10 Å². The predicted molar refractivity (Wildman–Crippen MR) is 73.4 cm³/mol. The Bertz CT molecular complexity index is 478. The number of amides is 1. The lowest BCUT2D eigenvalue weighted by Crippen LogP contribution is -2.49. The van der Waals surface area contributed by atoms with Crippen molar-refractivity contribution in [1.29, 1.82) is 0 Å². The minimum absolute atomic E-state index is 0.195. The molecule has 1 aliphatic rings. The van der Waals surface area contributed by atoms with Crippen LogP contribution in [0, 0.1) is 6.92 Å². The molecule has 7 heteroatoms. The maximum Gasteiger partial charge on any atom is 0.248 e. The van der Waals surface area contributed by atoms with Crippen LogP contribution in [-0.2, 0) is 18.4 Å². The number of aliphatic hydroxyl groups is 1. The molecular formula is C13H22N4O3. The van der Waals surface area contributed by atoms with Gasteiger partial charge in [0.15, 0.2) is 0 Å². The molecule has 0 bridgehead atoms. The summed E-state index contributed by atoms with van der Waals surface area (Å²) in [5.74, 6) is 0.594. The number of carbonyl (C=O) groups excluding carboxylic acids is 1. The fraction of sp³-hybridized carbons (Fsp3) is 0.692. The molecule has 0 aliphatic carbocycles. The molecule has 1 aliphatic heterocycles. The number of aliphatic hydroxyl groups excluding tert-OH is 1. The third kappa shape index (κ3) is 2.94. The maximum absolute atomic E-state index is 11.4. The molecule has 0 aromatic carbocycles. The van der Waals surface area contributed by atoms with Crippen molar-refractivity contribution in [1.82, 2.24) is 19.6 Å². The van der Waals surface area contributed by atoms with Crippen LogP contribution in [0.25, 0.3) is 0 Å². The second-order valence-corrected chi connectivity index (χ2v) is 5.01. The number of piperazine rings is 1. The fourth-order valence-corrected chi connectivity index (χ4v) is 2.60. The minimum atomic E-state index is -0.407. The van der Waals surface area contributed by atoms with Crippen molar-refractivity contribution in [3.8, 4) is 5.88 Å². The van der Waals surface area contributed by atoms with Crippen LogP contribution in [-0.4, -0.2) is 70.5 Å². The molecule has 1 amide bonds. The van der Waals surface area contributed by atoms with Gasteiger partial charge in [-0.25, -0.2) is 4.68 Å². The fourth-order valence-electron chi connectivity index (χ4n) is 2.60. The van der Waals surface area contributed by atoms with Crippen molar-refractivity contribution in [2.75, 3.05) is 39.9 Å². The van der Waals surface area contributed by atoms with Gasteiger partial charge in [-0.05, 0) is 6.92 Å². The second kappa shape index (κ2) is 6.23. The molecule has 0 spiro atoms. The highest BCUT2D eigenvalue weighted by molar-refractivity contribution is 5.77. The van der Waals surface area contributed by atoms with Crippen LogP contribution in [0.2, 0.25) is 0 Å². The van der Waals surface area contributed by atoms with E-state index in [2.05, 4.69) is 10.00 Å². The van der Waals surface area contributed by atoms with Crippen LogP contribution in [0.15, 0.2) is 0 Å². The summed E-state index contributed by atoms with van der Waals surface area (Å²) in [7, 11) is 3.52. The van der Waals surface area contributed by atoms with Gasteiger partial charge in [0, 0.05) is 39.8 Å². The first-order valence-corrected chi connectivity index (χ1v) is 6.74. The standard InChI is InChI=1S/C13H22N4O3/c1-10-11(13(20-3)15(2)14-10)8-16-4-6-17(7-5-16)12(19)9-18/h18H,4-9H2,1-3H3. The lowest BCUT2D eigenvalue weighted by molar-refractivity contribution is -0.136. The van der Waals surface area contributed by atoms with E-state index in [1.807, 2.05) is 14.0 Å². The van der Waals surface area contributed by atoms with Crippen LogP contribution in [0.3, 0.4) is 0 Å². The molecule has 7 nitrogen and oxygen atoms in total. The number of hydrogen-bond donors (Lipinski definition) is 1. The predicted octanol–water partition coefficient (Wildman–Crippen LogP) is -0.626.